The van der Waals surface area contributed by atoms with Gasteiger partial charge in [-0.25, -0.2) is 0 Å². The molecule has 0 N–H and O–H groups in total. The van der Waals surface area contributed by atoms with Crippen molar-refractivity contribution in [2.75, 3.05) is 0 Å². The Morgan fingerprint density at radius 2 is 2.22 bits per heavy atom. The van der Waals surface area contributed by atoms with Crippen LogP contribution in [0.4, 0.5) is 0 Å². The minimum Gasteiger partial charge on any atom is -0.361 e. The molecule has 2 aromatic heterocycles. The lowest BCUT2D eigenvalue weighted by Gasteiger charge is -2.00. The lowest BCUT2D eigenvalue weighted by Crippen LogP contribution is -2.13. The number of hydrogen-bond donors (Lipinski definition) is 0. The molecule has 1 amide bonds. The number of hydrogen-bond acceptors (Lipinski definition) is 4. The normalized spacial score (nSPS) is 12.2. The van der Waals surface area contributed by atoms with Crippen LogP contribution in [0.3, 0.4) is 0 Å². The van der Waals surface area contributed by atoms with E-state index < -0.39 is 0 Å². The van der Waals surface area contributed by atoms with Gasteiger partial charge in [0.1, 0.15) is 5.76 Å². The van der Waals surface area contributed by atoms with Crippen LogP contribution in [0.1, 0.15) is 41.6 Å². The van der Waals surface area contributed by atoms with Gasteiger partial charge in [0.2, 0.25) is 0 Å². The molecular weight excluding hydrogens is 310 g/mol. The van der Waals surface area contributed by atoms with Crippen molar-refractivity contribution in [3.05, 3.63) is 46.1 Å². The summed E-state index contributed by atoms with van der Waals surface area (Å²) in [5.74, 6) is 0.222. The maximum Gasteiger partial charge on any atom is 0.301 e. The predicted octanol–water partition coefficient (Wildman–Crippen LogP) is 3.62. The van der Waals surface area contributed by atoms with Crippen LogP contribution in [-0.4, -0.2) is 15.6 Å². The number of benzene rings is 1. The summed E-state index contributed by atoms with van der Waals surface area (Å²) in [4.78, 5) is 17.0. The van der Waals surface area contributed by atoms with Gasteiger partial charge < -0.3 is 9.09 Å². The van der Waals surface area contributed by atoms with Crippen molar-refractivity contribution in [1.29, 1.82) is 0 Å². The molecule has 0 aliphatic carbocycles. The largest absolute Gasteiger partial charge is 0.361 e. The van der Waals surface area contributed by atoms with E-state index in [2.05, 4.69) is 35.3 Å². The summed E-state index contributed by atoms with van der Waals surface area (Å²) in [5.41, 5.74) is 2.65. The molecular formula is C17H19N3O2S. The van der Waals surface area contributed by atoms with Crippen LogP contribution in [-0.2, 0) is 13.5 Å². The highest BCUT2D eigenvalue weighted by Crippen LogP contribution is 2.19. The first-order chi connectivity index (χ1) is 11.1. The Kier molecular flexibility index (Phi) is 4.43. The van der Waals surface area contributed by atoms with Gasteiger partial charge in [-0.1, -0.05) is 35.9 Å². The van der Waals surface area contributed by atoms with Gasteiger partial charge in [-0.3, -0.25) is 4.79 Å². The minimum absolute atomic E-state index is 0.239. The van der Waals surface area contributed by atoms with Gasteiger partial charge in [0.25, 0.3) is 0 Å². The van der Waals surface area contributed by atoms with Crippen molar-refractivity contribution in [1.82, 2.24) is 9.72 Å². The highest BCUT2D eigenvalue weighted by atomic mass is 32.1. The van der Waals surface area contributed by atoms with Gasteiger partial charge in [0, 0.05) is 13.1 Å². The highest BCUT2D eigenvalue weighted by Gasteiger charge is 2.11. The van der Waals surface area contributed by atoms with E-state index in [-0.39, 0.29) is 11.6 Å². The lowest BCUT2D eigenvalue weighted by molar-refractivity contribution is 0.0989. The first-order valence-electron chi connectivity index (χ1n) is 7.69. The Hall–Kier alpha value is -2.21. The Bertz CT molecular complexity index is 917. The van der Waals surface area contributed by atoms with E-state index in [1.54, 1.807) is 13.0 Å². The molecule has 0 fully saturated rings. The first-order valence-corrected chi connectivity index (χ1v) is 8.51. The van der Waals surface area contributed by atoms with E-state index in [1.807, 2.05) is 11.6 Å². The SMILES string of the molecule is CCCCc1ccc2c(c1)sc(=NC(=O)c1cc(C)on1)n2C. The van der Waals surface area contributed by atoms with Gasteiger partial charge in [-0.05, 0) is 37.5 Å². The zero-order valence-electron chi connectivity index (χ0n) is 13.5. The molecule has 0 aliphatic heterocycles. The number of amides is 1. The molecule has 3 rings (SSSR count). The number of aryl methyl sites for hydroxylation is 3. The molecule has 2 heterocycles. The summed E-state index contributed by atoms with van der Waals surface area (Å²) >= 11 is 1.52. The quantitative estimate of drug-likeness (QED) is 0.734. The third kappa shape index (κ3) is 3.27. The number of fused-ring (bicyclic) bond motifs is 1. The van der Waals surface area contributed by atoms with Crippen LogP contribution in [0.5, 0.6) is 0 Å². The molecule has 0 atom stereocenters. The third-order valence-corrected chi connectivity index (χ3v) is 4.83. The van der Waals surface area contributed by atoms with Crippen LogP contribution < -0.4 is 4.80 Å². The smallest absolute Gasteiger partial charge is 0.301 e. The van der Waals surface area contributed by atoms with Crippen LogP contribution >= 0.6 is 11.3 Å². The van der Waals surface area contributed by atoms with E-state index >= 15 is 0 Å². The number of unbranched alkanes of at least 4 members (excludes halogenated alkanes) is 1. The number of nitrogens with zero attached hydrogens (tertiary/aromatic N) is 3. The van der Waals surface area contributed by atoms with Crippen molar-refractivity contribution >= 4 is 27.5 Å². The average molecular weight is 329 g/mol. The second kappa shape index (κ2) is 6.50. The molecule has 120 valence electrons. The molecule has 23 heavy (non-hydrogen) atoms. The van der Waals surface area contributed by atoms with Crippen LogP contribution in [0.15, 0.2) is 33.8 Å². The second-order valence-electron chi connectivity index (χ2n) is 5.59. The average Bonchev–Trinajstić information content (AvgIpc) is 3.10. The zero-order valence-corrected chi connectivity index (χ0v) is 14.3. The Labute approximate surface area is 138 Å². The molecule has 0 saturated carbocycles. The van der Waals surface area contributed by atoms with Crippen molar-refractivity contribution in [3.8, 4) is 0 Å². The lowest BCUT2D eigenvalue weighted by atomic mass is 10.1. The number of thiazole rings is 1. The van der Waals surface area contributed by atoms with Crippen LogP contribution in [0.25, 0.3) is 10.2 Å². The van der Waals surface area contributed by atoms with Gasteiger partial charge >= 0.3 is 5.91 Å². The second-order valence-corrected chi connectivity index (χ2v) is 6.60. The maximum absolute atomic E-state index is 12.2. The van der Waals surface area contributed by atoms with Gasteiger partial charge in [0.15, 0.2) is 10.5 Å². The maximum atomic E-state index is 12.2. The van der Waals surface area contributed by atoms with Gasteiger partial charge in [-0.15, -0.1) is 0 Å². The van der Waals surface area contributed by atoms with Crippen molar-refractivity contribution < 1.29 is 9.32 Å². The van der Waals surface area contributed by atoms with E-state index in [4.69, 9.17) is 4.52 Å². The Balaban J connectivity index is 1.99. The molecule has 0 spiro atoms. The first kappa shape index (κ1) is 15.7. The zero-order chi connectivity index (χ0) is 16.4. The summed E-state index contributed by atoms with van der Waals surface area (Å²) in [6, 6.07) is 8.04. The van der Waals surface area contributed by atoms with E-state index in [1.165, 1.54) is 29.7 Å². The van der Waals surface area contributed by atoms with Crippen molar-refractivity contribution in [2.24, 2.45) is 12.0 Å². The predicted molar refractivity (Wildman–Crippen MR) is 90.5 cm³/mol. The summed E-state index contributed by atoms with van der Waals surface area (Å²) < 4.78 is 8.01. The number of aromatic nitrogens is 2. The number of carbonyl (C=O) groups is 1. The summed E-state index contributed by atoms with van der Waals surface area (Å²) in [7, 11) is 1.92. The van der Waals surface area contributed by atoms with E-state index in [0.717, 1.165) is 16.6 Å². The topological polar surface area (TPSA) is 60.4 Å². The Morgan fingerprint density at radius 3 is 2.91 bits per heavy atom. The summed E-state index contributed by atoms with van der Waals surface area (Å²) in [6.45, 7) is 3.94. The molecule has 0 bridgehead atoms. The fourth-order valence-corrected chi connectivity index (χ4v) is 3.51. The van der Waals surface area contributed by atoms with Crippen LogP contribution in [0.2, 0.25) is 0 Å². The molecule has 0 aliphatic rings. The van der Waals surface area contributed by atoms with Crippen molar-refractivity contribution in [2.45, 2.75) is 33.1 Å². The molecule has 0 radical (unpaired) electrons. The molecule has 0 unspecified atom stereocenters. The van der Waals surface area contributed by atoms with E-state index in [9.17, 15) is 4.79 Å². The molecule has 5 nitrogen and oxygen atoms in total. The van der Waals surface area contributed by atoms with E-state index in [0.29, 0.717) is 10.6 Å². The summed E-state index contributed by atoms with van der Waals surface area (Å²) in [6.07, 6.45) is 3.45. The fourth-order valence-electron chi connectivity index (χ4n) is 2.43. The number of rotatable bonds is 4. The highest BCUT2D eigenvalue weighted by molar-refractivity contribution is 7.16. The molecule has 3 aromatic rings. The molecule has 1 aromatic carbocycles. The Morgan fingerprint density at radius 1 is 1.39 bits per heavy atom. The molecule has 6 heteroatoms. The molecule has 0 saturated heterocycles. The van der Waals surface area contributed by atoms with Gasteiger partial charge in [-0.2, -0.15) is 4.99 Å². The fraction of sp³-hybridized carbons (Fsp3) is 0.353. The standard InChI is InChI=1S/C17H19N3O2S/c1-4-5-6-12-7-8-14-15(10-12)23-17(20(14)3)18-16(21)13-9-11(2)22-19-13/h7-10H,4-6H2,1-3H3. The van der Waals surface area contributed by atoms with Gasteiger partial charge in [0.05, 0.1) is 10.2 Å². The minimum atomic E-state index is -0.379. The van der Waals surface area contributed by atoms with Crippen molar-refractivity contribution in [3.63, 3.8) is 0 Å². The monoisotopic (exact) mass is 329 g/mol. The summed E-state index contributed by atoms with van der Waals surface area (Å²) in [5, 5.41) is 3.72. The third-order valence-electron chi connectivity index (χ3n) is 3.74. The number of carbonyl (C=O) groups excluding carboxylic acids is 1. The van der Waals surface area contributed by atoms with Crippen LogP contribution in [0, 0.1) is 6.92 Å².